The van der Waals surface area contributed by atoms with E-state index in [4.69, 9.17) is 14.0 Å². The van der Waals surface area contributed by atoms with Gasteiger partial charge in [-0.2, -0.15) is 0 Å². The van der Waals surface area contributed by atoms with Gasteiger partial charge in [0.15, 0.2) is 0 Å². The molecule has 0 saturated carbocycles. The summed E-state index contributed by atoms with van der Waals surface area (Å²) in [6, 6.07) is 0. The van der Waals surface area contributed by atoms with Crippen LogP contribution in [0.3, 0.4) is 0 Å². The van der Waals surface area contributed by atoms with Crippen molar-refractivity contribution in [3.8, 4) is 0 Å². The summed E-state index contributed by atoms with van der Waals surface area (Å²) < 4.78 is 17.7. The van der Waals surface area contributed by atoms with E-state index >= 15 is 0 Å². The summed E-state index contributed by atoms with van der Waals surface area (Å²) in [4.78, 5) is 0. The van der Waals surface area contributed by atoms with Gasteiger partial charge in [0, 0.05) is 0 Å². The molecule has 0 atom stereocenters. The predicted molar refractivity (Wildman–Crippen MR) is 151 cm³/mol. The molecule has 4 heteroatoms. The third-order valence-electron chi connectivity index (χ3n) is 5.27. The Balaban J connectivity index is 4.76. The maximum Gasteiger partial charge on any atom is 0.640 e. The molecule has 0 aliphatic heterocycles. The zero-order chi connectivity index (χ0) is 25.8. The Bertz CT molecular complexity index is 626. The van der Waals surface area contributed by atoms with Crippen molar-refractivity contribution >= 4 is 7.32 Å². The van der Waals surface area contributed by atoms with Gasteiger partial charge in [0.1, 0.15) is 0 Å². The highest BCUT2D eigenvalue weighted by Crippen LogP contribution is 2.10. The summed E-state index contributed by atoms with van der Waals surface area (Å²) >= 11 is 0. The second-order valence-electron chi connectivity index (χ2n) is 9.90. The van der Waals surface area contributed by atoms with Crippen LogP contribution in [0.4, 0.5) is 0 Å². The maximum atomic E-state index is 5.92. The van der Waals surface area contributed by atoms with E-state index in [1.165, 1.54) is 33.4 Å². The summed E-state index contributed by atoms with van der Waals surface area (Å²) in [5, 5.41) is 0. The maximum absolute atomic E-state index is 5.92. The second-order valence-corrected chi connectivity index (χ2v) is 9.90. The quantitative estimate of drug-likeness (QED) is 0.148. The molecule has 0 bridgehead atoms. The molecular weight excluding hydrogens is 419 g/mol. The molecule has 0 amide bonds. The first-order chi connectivity index (χ1) is 16.1. The van der Waals surface area contributed by atoms with Crippen molar-refractivity contribution in [3.63, 3.8) is 0 Å². The Morgan fingerprint density at radius 2 is 0.706 bits per heavy atom. The molecule has 0 spiro atoms. The smallest absolute Gasteiger partial charge is 0.382 e. The van der Waals surface area contributed by atoms with E-state index in [9.17, 15) is 0 Å². The first kappa shape index (κ1) is 32.4. The molecule has 0 aromatic carbocycles. The largest absolute Gasteiger partial charge is 0.640 e. The molecule has 0 aliphatic carbocycles. The topological polar surface area (TPSA) is 27.7 Å². The molecule has 0 heterocycles. The first-order valence-corrected chi connectivity index (χ1v) is 12.8. The van der Waals surface area contributed by atoms with Gasteiger partial charge in [-0.05, 0) is 101 Å². The average molecular weight is 471 g/mol. The number of rotatable bonds is 18. The summed E-state index contributed by atoms with van der Waals surface area (Å²) in [5.74, 6) is 0. The van der Waals surface area contributed by atoms with Crippen LogP contribution in [0.15, 0.2) is 69.9 Å². The van der Waals surface area contributed by atoms with Gasteiger partial charge in [0.2, 0.25) is 0 Å². The van der Waals surface area contributed by atoms with Crippen molar-refractivity contribution in [2.45, 2.75) is 101 Å². The molecule has 0 aromatic rings. The van der Waals surface area contributed by atoms with Gasteiger partial charge in [-0.15, -0.1) is 0 Å². The van der Waals surface area contributed by atoms with Crippen LogP contribution in [0.1, 0.15) is 101 Å². The van der Waals surface area contributed by atoms with Gasteiger partial charge in [-0.1, -0.05) is 69.9 Å². The highest BCUT2D eigenvalue weighted by Gasteiger charge is 2.19. The van der Waals surface area contributed by atoms with E-state index in [1.807, 2.05) is 0 Å². The normalized spacial score (nSPS) is 12.4. The Labute approximate surface area is 211 Å². The molecule has 0 N–H and O–H groups in total. The zero-order valence-corrected chi connectivity index (χ0v) is 23.6. The molecule has 0 radical (unpaired) electrons. The van der Waals surface area contributed by atoms with Gasteiger partial charge in [-0.25, -0.2) is 0 Å². The molecule has 0 aliphatic rings. The van der Waals surface area contributed by atoms with E-state index in [0.29, 0.717) is 19.8 Å². The molecular formula is C30H51BO3. The minimum Gasteiger partial charge on any atom is -0.382 e. The van der Waals surface area contributed by atoms with Crippen LogP contribution in [0.25, 0.3) is 0 Å². The zero-order valence-electron chi connectivity index (χ0n) is 23.6. The standard InChI is InChI=1S/C30H51BO3/c1-25(2)13-10-16-28(7)19-22-32-31(33-23-20-29(8)17-11-14-26(3)4)34-24-21-30(9)18-12-15-27(5)6/h13-15,19-21H,10-12,16-18,22-24H2,1-9H3/b28-19+,29-20+,30-21+. The van der Waals surface area contributed by atoms with Crippen molar-refractivity contribution in [1.29, 1.82) is 0 Å². The van der Waals surface area contributed by atoms with Crippen LogP contribution in [0.5, 0.6) is 0 Å². The molecule has 0 unspecified atom stereocenters. The lowest BCUT2D eigenvalue weighted by Crippen LogP contribution is -2.28. The van der Waals surface area contributed by atoms with Crippen molar-refractivity contribution in [2.75, 3.05) is 19.8 Å². The minimum absolute atomic E-state index is 0.484. The van der Waals surface area contributed by atoms with E-state index in [0.717, 1.165) is 38.5 Å². The molecule has 0 rings (SSSR count). The van der Waals surface area contributed by atoms with Crippen LogP contribution in [-0.2, 0) is 14.0 Å². The lowest BCUT2D eigenvalue weighted by Gasteiger charge is -2.13. The summed E-state index contributed by atoms with van der Waals surface area (Å²) in [7, 11) is -0.675. The van der Waals surface area contributed by atoms with Gasteiger partial charge < -0.3 is 14.0 Å². The number of allylic oxidation sites excluding steroid dienone is 9. The molecule has 3 nitrogen and oxygen atoms in total. The monoisotopic (exact) mass is 470 g/mol. The molecule has 0 saturated heterocycles. The molecule has 0 fully saturated rings. The van der Waals surface area contributed by atoms with Gasteiger partial charge in [-0.3, -0.25) is 0 Å². The van der Waals surface area contributed by atoms with Crippen LogP contribution in [0.2, 0.25) is 0 Å². The number of hydrogen-bond donors (Lipinski definition) is 0. The first-order valence-electron chi connectivity index (χ1n) is 12.8. The third kappa shape index (κ3) is 22.2. The molecule has 34 heavy (non-hydrogen) atoms. The van der Waals surface area contributed by atoms with E-state index in [2.05, 4.69) is 98.8 Å². The van der Waals surface area contributed by atoms with E-state index in [1.54, 1.807) is 0 Å². The van der Waals surface area contributed by atoms with Crippen LogP contribution < -0.4 is 0 Å². The Morgan fingerprint density at radius 3 is 0.941 bits per heavy atom. The van der Waals surface area contributed by atoms with Gasteiger partial charge >= 0.3 is 7.32 Å². The summed E-state index contributed by atoms with van der Waals surface area (Å²) in [6.07, 6.45) is 19.5. The molecule has 192 valence electrons. The highest BCUT2D eigenvalue weighted by molar-refractivity contribution is 6.36. The third-order valence-corrected chi connectivity index (χ3v) is 5.27. The van der Waals surface area contributed by atoms with Crippen LogP contribution in [0, 0.1) is 0 Å². The number of hydrogen-bond acceptors (Lipinski definition) is 3. The summed E-state index contributed by atoms with van der Waals surface area (Å²) in [5.41, 5.74) is 8.04. The van der Waals surface area contributed by atoms with Crippen molar-refractivity contribution < 1.29 is 14.0 Å². The SMILES string of the molecule is CC(C)=CCC/C(C)=C/COB(OC/C=C(\C)CCC=C(C)C)OC/C=C(\C)CCC=C(C)C. The minimum atomic E-state index is -0.675. The summed E-state index contributed by atoms with van der Waals surface area (Å²) in [6.45, 7) is 20.7. The molecule has 0 aromatic heterocycles. The predicted octanol–water partition coefficient (Wildman–Crippen LogP) is 9.10. The van der Waals surface area contributed by atoms with Gasteiger partial charge in [0.05, 0.1) is 19.8 Å². The lowest BCUT2D eigenvalue weighted by molar-refractivity contribution is 0.122. The lowest BCUT2D eigenvalue weighted by atomic mass is 10.1. The fraction of sp³-hybridized carbons (Fsp3) is 0.600. The van der Waals surface area contributed by atoms with Crippen LogP contribution >= 0.6 is 0 Å². The average Bonchev–Trinajstić information content (AvgIpc) is 2.72. The van der Waals surface area contributed by atoms with E-state index < -0.39 is 7.32 Å². The Kier molecular flexibility index (Phi) is 19.7. The van der Waals surface area contributed by atoms with Gasteiger partial charge in [0.25, 0.3) is 0 Å². The fourth-order valence-corrected chi connectivity index (χ4v) is 3.02. The van der Waals surface area contributed by atoms with E-state index in [-0.39, 0.29) is 0 Å². The van der Waals surface area contributed by atoms with Crippen molar-refractivity contribution in [2.24, 2.45) is 0 Å². The van der Waals surface area contributed by atoms with Crippen molar-refractivity contribution in [1.82, 2.24) is 0 Å². The van der Waals surface area contributed by atoms with Crippen molar-refractivity contribution in [3.05, 3.63) is 69.9 Å². The van der Waals surface area contributed by atoms with Crippen LogP contribution in [-0.4, -0.2) is 27.1 Å². The fourth-order valence-electron chi connectivity index (χ4n) is 3.02. The Hall–Kier alpha value is -1.62. The highest BCUT2D eigenvalue weighted by atomic mass is 16.7. The second kappa shape index (κ2) is 20.7. The Morgan fingerprint density at radius 1 is 0.441 bits per heavy atom.